The van der Waals surface area contributed by atoms with Gasteiger partial charge in [-0.3, -0.25) is 0 Å². The van der Waals surface area contributed by atoms with Gasteiger partial charge < -0.3 is 9.64 Å². The zero-order valence-corrected chi connectivity index (χ0v) is 12.4. The lowest BCUT2D eigenvalue weighted by Gasteiger charge is -2.48. The van der Waals surface area contributed by atoms with Crippen molar-refractivity contribution in [2.24, 2.45) is 5.92 Å². The molecule has 3 atom stereocenters. The van der Waals surface area contributed by atoms with E-state index in [9.17, 15) is 0 Å². The van der Waals surface area contributed by atoms with E-state index in [1.54, 1.807) is 0 Å². The minimum absolute atomic E-state index is 0.247. The average Bonchev–Trinajstić information content (AvgIpc) is 2.56. The third-order valence-electron chi connectivity index (χ3n) is 4.96. The summed E-state index contributed by atoms with van der Waals surface area (Å²) in [5, 5.41) is 0. The minimum atomic E-state index is 0.247. The van der Waals surface area contributed by atoms with Crippen molar-refractivity contribution in [1.29, 1.82) is 0 Å². The van der Waals surface area contributed by atoms with Crippen LogP contribution in [0.1, 0.15) is 36.1 Å². The van der Waals surface area contributed by atoms with Gasteiger partial charge in [0.15, 0.2) is 0 Å². The number of nitrogens with zero attached hydrogens (tertiary/aromatic N) is 1. The van der Waals surface area contributed by atoms with Gasteiger partial charge in [-0.2, -0.15) is 0 Å². The molecule has 2 aliphatic heterocycles. The van der Waals surface area contributed by atoms with Crippen LogP contribution in [-0.4, -0.2) is 13.7 Å². The van der Waals surface area contributed by atoms with E-state index in [4.69, 9.17) is 4.74 Å². The highest BCUT2D eigenvalue weighted by atomic mass is 16.5. The lowest BCUT2D eigenvalue weighted by molar-refractivity contribution is -0.0420. The SMILES string of the molecule is CN1c2ccccc2[C@H]2OCCC[C@H]2[C@@H]1c1ccccc1. The molecule has 0 N–H and O–H groups in total. The highest BCUT2D eigenvalue weighted by Crippen LogP contribution is 2.51. The summed E-state index contributed by atoms with van der Waals surface area (Å²) >= 11 is 0. The van der Waals surface area contributed by atoms with E-state index in [0.717, 1.165) is 6.61 Å². The van der Waals surface area contributed by atoms with Gasteiger partial charge in [-0.05, 0) is 24.5 Å². The first-order valence-electron chi connectivity index (χ1n) is 7.84. The van der Waals surface area contributed by atoms with Crippen molar-refractivity contribution < 1.29 is 4.74 Å². The van der Waals surface area contributed by atoms with Crippen molar-refractivity contribution in [3.05, 3.63) is 65.7 Å². The van der Waals surface area contributed by atoms with Crippen LogP contribution in [0.2, 0.25) is 0 Å². The molecular formula is C19H21NO. The Morgan fingerprint density at radius 1 is 1.00 bits per heavy atom. The normalized spacial score (nSPS) is 27.9. The summed E-state index contributed by atoms with van der Waals surface area (Å²) in [6.07, 6.45) is 2.65. The maximum atomic E-state index is 6.18. The average molecular weight is 279 g/mol. The molecule has 0 aliphatic carbocycles. The standard InChI is InChI=1S/C19H21NO/c1-20-17-12-6-5-10-15(17)19-16(11-7-13-21-19)18(20)14-8-3-2-4-9-14/h2-6,8-10,12,16,18-19H,7,11,13H2,1H3/t16-,18-,19+/m0/s1. The van der Waals surface area contributed by atoms with Gasteiger partial charge in [0.25, 0.3) is 0 Å². The van der Waals surface area contributed by atoms with Gasteiger partial charge in [0.05, 0.1) is 12.1 Å². The monoisotopic (exact) mass is 279 g/mol. The molecule has 2 heterocycles. The predicted octanol–water partition coefficient (Wildman–Crippen LogP) is 4.35. The fourth-order valence-electron chi connectivity index (χ4n) is 4.06. The molecule has 0 saturated carbocycles. The Hall–Kier alpha value is -1.80. The van der Waals surface area contributed by atoms with Crippen LogP contribution in [0.25, 0.3) is 0 Å². The maximum Gasteiger partial charge on any atom is 0.0896 e. The Kier molecular flexibility index (Phi) is 3.19. The molecule has 2 aliphatic rings. The maximum absolute atomic E-state index is 6.18. The summed E-state index contributed by atoms with van der Waals surface area (Å²) in [7, 11) is 2.22. The molecule has 2 heteroatoms. The highest BCUT2D eigenvalue weighted by Gasteiger charge is 2.42. The van der Waals surface area contributed by atoms with E-state index in [1.807, 2.05) is 0 Å². The van der Waals surface area contributed by atoms with Crippen LogP contribution < -0.4 is 4.90 Å². The smallest absolute Gasteiger partial charge is 0.0896 e. The van der Waals surface area contributed by atoms with Crippen molar-refractivity contribution >= 4 is 5.69 Å². The molecule has 0 bridgehead atoms. The van der Waals surface area contributed by atoms with E-state index in [-0.39, 0.29) is 6.10 Å². The molecule has 1 fully saturated rings. The zero-order valence-electron chi connectivity index (χ0n) is 12.4. The first-order chi connectivity index (χ1) is 10.4. The van der Waals surface area contributed by atoms with E-state index in [0.29, 0.717) is 12.0 Å². The Bertz CT molecular complexity index is 624. The largest absolute Gasteiger partial charge is 0.373 e. The fourth-order valence-corrected chi connectivity index (χ4v) is 4.06. The molecule has 2 aromatic rings. The van der Waals surface area contributed by atoms with Gasteiger partial charge in [0.2, 0.25) is 0 Å². The quantitative estimate of drug-likeness (QED) is 0.769. The van der Waals surface area contributed by atoms with Crippen molar-refractivity contribution in [3.8, 4) is 0 Å². The molecule has 0 unspecified atom stereocenters. The molecule has 21 heavy (non-hydrogen) atoms. The summed E-state index contributed by atoms with van der Waals surface area (Å²) in [5.74, 6) is 0.543. The molecule has 4 rings (SSSR count). The van der Waals surface area contributed by atoms with Crippen molar-refractivity contribution in [2.45, 2.75) is 25.0 Å². The lowest BCUT2D eigenvalue weighted by atomic mass is 9.76. The first-order valence-corrected chi connectivity index (χ1v) is 7.84. The number of para-hydroxylation sites is 1. The van der Waals surface area contributed by atoms with Crippen molar-refractivity contribution in [2.75, 3.05) is 18.6 Å². The third-order valence-corrected chi connectivity index (χ3v) is 4.96. The highest BCUT2D eigenvalue weighted by molar-refractivity contribution is 5.59. The number of hydrogen-bond donors (Lipinski definition) is 0. The van der Waals surface area contributed by atoms with Crippen LogP contribution in [0.3, 0.4) is 0 Å². The van der Waals surface area contributed by atoms with Crippen LogP contribution in [-0.2, 0) is 4.74 Å². The Morgan fingerprint density at radius 3 is 2.62 bits per heavy atom. The van der Waals surface area contributed by atoms with Crippen molar-refractivity contribution in [3.63, 3.8) is 0 Å². The van der Waals surface area contributed by atoms with E-state index >= 15 is 0 Å². The lowest BCUT2D eigenvalue weighted by Crippen LogP contribution is -2.41. The predicted molar refractivity (Wildman–Crippen MR) is 85.4 cm³/mol. The van der Waals surface area contributed by atoms with Gasteiger partial charge in [-0.15, -0.1) is 0 Å². The number of benzene rings is 2. The second-order valence-electron chi connectivity index (χ2n) is 6.12. The zero-order chi connectivity index (χ0) is 14.2. The molecule has 0 aromatic heterocycles. The molecule has 0 radical (unpaired) electrons. The second-order valence-corrected chi connectivity index (χ2v) is 6.12. The van der Waals surface area contributed by atoms with Gasteiger partial charge in [0.1, 0.15) is 0 Å². The van der Waals surface area contributed by atoms with Gasteiger partial charge >= 0.3 is 0 Å². The molecule has 2 aromatic carbocycles. The molecule has 0 amide bonds. The summed E-state index contributed by atoms with van der Waals surface area (Å²) in [6, 6.07) is 20.0. The molecule has 1 saturated heterocycles. The molecule has 108 valence electrons. The van der Waals surface area contributed by atoms with Crippen molar-refractivity contribution in [1.82, 2.24) is 0 Å². The summed E-state index contributed by atoms with van der Waals surface area (Å²) in [6.45, 7) is 0.890. The number of fused-ring (bicyclic) bond motifs is 3. The van der Waals surface area contributed by atoms with Crippen LogP contribution in [0.4, 0.5) is 5.69 Å². The fraction of sp³-hybridized carbons (Fsp3) is 0.368. The van der Waals surface area contributed by atoms with E-state index in [2.05, 4.69) is 66.5 Å². The number of anilines is 1. The van der Waals surface area contributed by atoms with Crippen LogP contribution in [0, 0.1) is 5.92 Å². The molecule has 0 spiro atoms. The molecule has 2 nitrogen and oxygen atoms in total. The Balaban J connectivity index is 1.84. The summed E-state index contributed by atoms with van der Waals surface area (Å²) in [5.41, 5.74) is 4.07. The minimum Gasteiger partial charge on any atom is -0.373 e. The van der Waals surface area contributed by atoms with E-state index < -0.39 is 0 Å². The van der Waals surface area contributed by atoms with Gasteiger partial charge in [-0.1, -0.05) is 48.5 Å². The number of hydrogen-bond acceptors (Lipinski definition) is 2. The van der Waals surface area contributed by atoms with Gasteiger partial charge in [0, 0.05) is 30.8 Å². The Labute approximate surface area is 126 Å². The second kappa shape index (κ2) is 5.19. The van der Waals surface area contributed by atoms with Gasteiger partial charge in [-0.25, -0.2) is 0 Å². The van der Waals surface area contributed by atoms with Crippen LogP contribution in [0.5, 0.6) is 0 Å². The van der Waals surface area contributed by atoms with Crippen LogP contribution >= 0.6 is 0 Å². The summed E-state index contributed by atoms with van der Waals surface area (Å²) < 4.78 is 6.18. The third kappa shape index (κ3) is 2.06. The molecular weight excluding hydrogens is 258 g/mol. The summed E-state index contributed by atoms with van der Waals surface area (Å²) in [4.78, 5) is 2.44. The van der Waals surface area contributed by atoms with Crippen LogP contribution in [0.15, 0.2) is 54.6 Å². The van der Waals surface area contributed by atoms with E-state index in [1.165, 1.54) is 29.7 Å². The number of rotatable bonds is 1. The first kappa shape index (κ1) is 12.9. The number of ether oxygens (including phenoxy) is 1. The Morgan fingerprint density at radius 2 is 1.76 bits per heavy atom. The topological polar surface area (TPSA) is 12.5 Å².